The molecule has 0 radical (unpaired) electrons. The number of nitriles is 1. The van der Waals surface area contributed by atoms with E-state index in [1.165, 1.54) is 18.7 Å². The fourth-order valence-corrected chi connectivity index (χ4v) is 3.79. The summed E-state index contributed by atoms with van der Waals surface area (Å²) in [7, 11) is 1.33. The molecular formula is C20H18Cl2N2O2. The Kier molecular flexibility index (Phi) is 5.83. The quantitative estimate of drug-likeness (QED) is 0.722. The van der Waals surface area contributed by atoms with E-state index < -0.39 is 5.97 Å². The molecule has 1 fully saturated rings. The molecule has 4 nitrogen and oxygen atoms in total. The van der Waals surface area contributed by atoms with Crippen LogP contribution in [0.4, 0.5) is 0 Å². The number of hydrogen-bond donors (Lipinski definition) is 0. The van der Waals surface area contributed by atoms with E-state index in [4.69, 9.17) is 27.9 Å². The van der Waals surface area contributed by atoms with Crippen LogP contribution in [0.3, 0.4) is 0 Å². The number of halogens is 2. The van der Waals surface area contributed by atoms with Gasteiger partial charge in [0.05, 0.1) is 34.7 Å². The first-order chi connectivity index (χ1) is 12.5. The molecule has 2 aromatic carbocycles. The lowest BCUT2D eigenvalue weighted by atomic mass is 9.87. The van der Waals surface area contributed by atoms with Gasteiger partial charge in [-0.15, -0.1) is 0 Å². The molecule has 0 amide bonds. The van der Waals surface area contributed by atoms with Crippen LogP contribution in [0.25, 0.3) is 0 Å². The SMILES string of the molecule is COC(=O)c1cc(Cl)c(Cl)cc1C1CN(Cc2ccccc2)CC1C#N. The second-order valence-corrected chi connectivity index (χ2v) is 7.18. The highest BCUT2D eigenvalue weighted by atomic mass is 35.5. The summed E-state index contributed by atoms with van der Waals surface area (Å²) >= 11 is 12.3. The number of carbonyl (C=O) groups is 1. The number of rotatable bonds is 4. The van der Waals surface area contributed by atoms with E-state index in [0.717, 1.165) is 6.54 Å². The summed E-state index contributed by atoms with van der Waals surface area (Å²) in [4.78, 5) is 14.4. The van der Waals surface area contributed by atoms with Gasteiger partial charge >= 0.3 is 5.97 Å². The van der Waals surface area contributed by atoms with E-state index in [2.05, 4.69) is 23.1 Å². The molecule has 6 heteroatoms. The van der Waals surface area contributed by atoms with E-state index >= 15 is 0 Å². The minimum atomic E-state index is -0.475. The van der Waals surface area contributed by atoms with Crippen molar-refractivity contribution in [3.63, 3.8) is 0 Å². The highest BCUT2D eigenvalue weighted by molar-refractivity contribution is 6.42. The van der Waals surface area contributed by atoms with Gasteiger partial charge in [0.25, 0.3) is 0 Å². The molecule has 2 aromatic rings. The maximum Gasteiger partial charge on any atom is 0.338 e. The van der Waals surface area contributed by atoms with Crippen molar-refractivity contribution in [2.45, 2.75) is 12.5 Å². The van der Waals surface area contributed by atoms with Gasteiger partial charge in [-0.1, -0.05) is 53.5 Å². The number of carbonyl (C=O) groups excluding carboxylic acids is 1. The molecule has 3 rings (SSSR count). The predicted molar refractivity (Wildman–Crippen MR) is 101 cm³/mol. The van der Waals surface area contributed by atoms with Crippen molar-refractivity contribution in [1.29, 1.82) is 5.26 Å². The molecular weight excluding hydrogens is 371 g/mol. The maximum absolute atomic E-state index is 12.2. The predicted octanol–water partition coefficient (Wildman–Crippen LogP) is 4.52. The smallest absolute Gasteiger partial charge is 0.338 e. The molecule has 0 N–H and O–H groups in total. The van der Waals surface area contributed by atoms with Gasteiger partial charge in [0.2, 0.25) is 0 Å². The Bertz CT molecular complexity index is 849. The average molecular weight is 389 g/mol. The van der Waals surface area contributed by atoms with Crippen LogP contribution in [0.15, 0.2) is 42.5 Å². The van der Waals surface area contributed by atoms with Gasteiger partial charge in [-0.3, -0.25) is 4.90 Å². The molecule has 1 saturated heterocycles. The molecule has 134 valence electrons. The van der Waals surface area contributed by atoms with Crippen molar-refractivity contribution in [2.24, 2.45) is 5.92 Å². The second-order valence-electron chi connectivity index (χ2n) is 6.37. The Morgan fingerprint density at radius 2 is 1.92 bits per heavy atom. The van der Waals surface area contributed by atoms with Crippen molar-refractivity contribution in [3.05, 3.63) is 69.2 Å². The number of methoxy groups -OCH3 is 1. The van der Waals surface area contributed by atoms with Gasteiger partial charge in [-0.05, 0) is 23.3 Å². The van der Waals surface area contributed by atoms with Crippen molar-refractivity contribution < 1.29 is 9.53 Å². The summed E-state index contributed by atoms with van der Waals surface area (Å²) in [5.74, 6) is -0.844. The van der Waals surface area contributed by atoms with Crippen LogP contribution in [0.1, 0.15) is 27.4 Å². The summed E-state index contributed by atoms with van der Waals surface area (Å²) in [5.41, 5.74) is 2.27. The Morgan fingerprint density at radius 3 is 2.58 bits per heavy atom. The van der Waals surface area contributed by atoms with Crippen LogP contribution >= 0.6 is 23.2 Å². The van der Waals surface area contributed by atoms with Crippen molar-refractivity contribution >= 4 is 29.2 Å². The van der Waals surface area contributed by atoms with Crippen LogP contribution in [0, 0.1) is 17.2 Å². The first kappa shape index (κ1) is 18.7. The minimum absolute atomic E-state index is 0.132. The van der Waals surface area contributed by atoms with Crippen molar-refractivity contribution in [1.82, 2.24) is 4.90 Å². The average Bonchev–Trinajstić information content (AvgIpc) is 3.06. The van der Waals surface area contributed by atoms with E-state index in [9.17, 15) is 10.1 Å². The molecule has 2 unspecified atom stereocenters. The summed E-state index contributed by atoms with van der Waals surface area (Å²) in [6, 6.07) is 15.7. The molecule has 1 aliphatic heterocycles. The molecule has 1 heterocycles. The monoisotopic (exact) mass is 388 g/mol. The molecule has 0 bridgehead atoms. The first-order valence-electron chi connectivity index (χ1n) is 8.26. The normalized spacial score (nSPS) is 19.9. The summed E-state index contributed by atoms with van der Waals surface area (Å²) in [6.45, 7) is 2.05. The van der Waals surface area contributed by atoms with Crippen LogP contribution < -0.4 is 0 Å². The summed E-state index contributed by atoms with van der Waals surface area (Å²) < 4.78 is 4.89. The van der Waals surface area contributed by atoms with Gasteiger partial charge in [0.15, 0.2) is 0 Å². The topological polar surface area (TPSA) is 53.3 Å². The Hall–Kier alpha value is -2.06. The van der Waals surface area contributed by atoms with Gasteiger partial charge in [0, 0.05) is 25.6 Å². The van der Waals surface area contributed by atoms with E-state index in [1.54, 1.807) is 6.07 Å². The third-order valence-corrected chi connectivity index (χ3v) is 5.43. The standard InChI is InChI=1S/C20H18Cl2N2O2/c1-26-20(25)16-8-19(22)18(21)7-15(16)17-12-24(11-14(17)9-23)10-13-5-3-2-4-6-13/h2-8,14,17H,10-12H2,1H3. The number of benzene rings is 2. The minimum Gasteiger partial charge on any atom is -0.465 e. The molecule has 26 heavy (non-hydrogen) atoms. The van der Waals surface area contributed by atoms with E-state index in [0.29, 0.717) is 34.3 Å². The van der Waals surface area contributed by atoms with E-state index in [1.807, 2.05) is 18.2 Å². The first-order valence-corrected chi connectivity index (χ1v) is 9.02. The van der Waals surface area contributed by atoms with Crippen LogP contribution in [0.2, 0.25) is 10.0 Å². The molecule has 0 saturated carbocycles. The largest absolute Gasteiger partial charge is 0.465 e. The highest BCUT2D eigenvalue weighted by Gasteiger charge is 2.36. The third kappa shape index (κ3) is 3.86. The Balaban J connectivity index is 1.91. The summed E-state index contributed by atoms with van der Waals surface area (Å²) in [6.07, 6.45) is 0. The van der Waals surface area contributed by atoms with Crippen molar-refractivity contribution in [2.75, 3.05) is 20.2 Å². The maximum atomic E-state index is 12.2. The van der Waals surface area contributed by atoms with Crippen molar-refractivity contribution in [3.8, 4) is 6.07 Å². The number of nitrogens with zero attached hydrogens (tertiary/aromatic N) is 2. The lowest BCUT2D eigenvalue weighted by Gasteiger charge is -2.19. The summed E-state index contributed by atoms with van der Waals surface area (Å²) in [5, 5.41) is 10.3. The molecule has 0 aromatic heterocycles. The van der Waals surface area contributed by atoms with E-state index in [-0.39, 0.29) is 11.8 Å². The number of esters is 1. The van der Waals surface area contributed by atoms with Gasteiger partial charge in [-0.2, -0.15) is 5.26 Å². The van der Waals surface area contributed by atoms with Gasteiger partial charge < -0.3 is 4.74 Å². The zero-order valence-corrected chi connectivity index (χ0v) is 15.8. The lowest BCUT2D eigenvalue weighted by Crippen LogP contribution is -2.20. The van der Waals surface area contributed by atoms with Gasteiger partial charge in [0.1, 0.15) is 0 Å². The Labute approximate surface area is 162 Å². The third-order valence-electron chi connectivity index (χ3n) is 4.71. The van der Waals surface area contributed by atoms with Crippen LogP contribution in [0.5, 0.6) is 0 Å². The van der Waals surface area contributed by atoms with Gasteiger partial charge in [-0.25, -0.2) is 4.79 Å². The lowest BCUT2D eigenvalue weighted by molar-refractivity contribution is 0.0598. The second kappa shape index (κ2) is 8.09. The molecule has 0 spiro atoms. The van der Waals surface area contributed by atoms with Crippen LogP contribution in [-0.2, 0) is 11.3 Å². The number of likely N-dealkylation sites (tertiary alicyclic amines) is 1. The molecule has 1 aliphatic rings. The molecule has 2 atom stereocenters. The zero-order chi connectivity index (χ0) is 18.7. The fourth-order valence-electron chi connectivity index (χ4n) is 3.46. The van der Waals surface area contributed by atoms with Crippen LogP contribution in [-0.4, -0.2) is 31.1 Å². The number of ether oxygens (including phenoxy) is 1. The fraction of sp³-hybridized carbons (Fsp3) is 0.300. The zero-order valence-electron chi connectivity index (χ0n) is 14.3. The highest BCUT2D eigenvalue weighted by Crippen LogP contribution is 2.38. The molecule has 0 aliphatic carbocycles. The Morgan fingerprint density at radius 1 is 1.23 bits per heavy atom. The number of hydrogen-bond acceptors (Lipinski definition) is 4.